The van der Waals surface area contributed by atoms with Gasteiger partial charge in [0, 0.05) is 19.1 Å². The fourth-order valence-corrected chi connectivity index (χ4v) is 3.77. The number of pyridine rings is 1. The third-order valence-electron chi connectivity index (χ3n) is 5.00. The van der Waals surface area contributed by atoms with E-state index in [1.807, 2.05) is 6.07 Å². The fraction of sp³-hybridized carbons (Fsp3) is 0.318. The van der Waals surface area contributed by atoms with Crippen molar-refractivity contribution in [1.29, 1.82) is 0 Å². The van der Waals surface area contributed by atoms with Gasteiger partial charge in [-0.05, 0) is 42.1 Å². The molecule has 0 aliphatic carbocycles. The number of aromatic nitrogens is 1. The molecule has 2 aromatic carbocycles. The number of aliphatic hydroxyl groups excluding tert-OH is 1. The molecule has 146 valence electrons. The highest BCUT2D eigenvalue weighted by Gasteiger charge is 2.28. The molecule has 0 saturated carbocycles. The van der Waals surface area contributed by atoms with E-state index in [2.05, 4.69) is 35.0 Å². The number of nitrogens with zero attached hydrogens (tertiary/aromatic N) is 1. The Balaban J connectivity index is 0.000000604. The third-order valence-corrected chi connectivity index (χ3v) is 5.00. The van der Waals surface area contributed by atoms with Crippen LogP contribution in [0.3, 0.4) is 0 Å². The van der Waals surface area contributed by atoms with Gasteiger partial charge in [0.1, 0.15) is 0 Å². The zero-order chi connectivity index (χ0) is 19.7. The maximum Gasteiger partial charge on any atom is 0.231 e. The molecule has 3 heterocycles. The van der Waals surface area contributed by atoms with E-state index < -0.39 is 0 Å². The number of aliphatic hydroxyl groups is 1. The molecule has 2 aliphatic heterocycles. The van der Waals surface area contributed by atoms with Crippen LogP contribution in [0.15, 0.2) is 36.5 Å². The molecule has 28 heavy (non-hydrogen) atoms. The lowest BCUT2D eigenvalue weighted by Gasteiger charge is -2.17. The first-order valence-electron chi connectivity index (χ1n) is 9.32. The molecule has 1 aromatic heterocycles. The average Bonchev–Trinajstić information content (AvgIpc) is 3.18. The van der Waals surface area contributed by atoms with E-state index in [0.717, 1.165) is 46.7 Å². The third kappa shape index (κ3) is 2.99. The van der Waals surface area contributed by atoms with Crippen LogP contribution in [0.2, 0.25) is 0 Å². The number of hydrogen-bond donors (Lipinski definition) is 1. The number of hydrogen-bond acceptors (Lipinski definition) is 5. The van der Waals surface area contributed by atoms with Gasteiger partial charge >= 0.3 is 0 Å². The minimum absolute atomic E-state index is 0.250. The Labute approximate surface area is 163 Å². The van der Waals surface area contributed by atoms with Gasteiger partial charge in [0.25, 0.3) is 0 Å². The molecule has 0 bridgehead atoms. The minimum Gasteiger partial charge on any atom is -0.493 e. The normalized spacial score (nSPS) is 13.3. The number of methoxy groups -OCH3 is 2. The summed E-state index contributed by atoms with van der Waals surface area (Å²) in [5, 5.41) is 9.74. The van der Waals surface area contributed by atoms with Crippen molar-refractivity contribution in [3.05, 3.63) is 42.1 Å². The lowest BCUT2D eigenvalue weighted by atomic mass is 9.95. The van der Waals surface area contributed by atoms with Crippen molar-refractivity contribution in [2.45, 2.75) is 19.9 Å². The monoisotopic (exact) mass is 382 g/mol. The molecular formula is C22H24NO5+. The first kappa shape index (κ1) is 18.4. The van der Waals surface area contributed by atoms with E-state index >= 15 is 0 Å². The molecule has 0 fully saturated rings. The number of rotatable bonds is 2. The predicted molar refractivity (Wildman–Crippen MR) is 105 cm³/mol. The van der Waals surface area contributed by atoms with Gasteiger partial charge in [-0.1, -0.05) is 0 Å². The lowest BCUT2D eigenvalue weighted by Crippen LogP contribution is -2.40. The van der Waals surface area contributed by atoms with Crippen LogP contribution in [-0.4, -0.2) is 32.7 Å². The summed E-state index contributed by atoms with van der Waals surface area (Å²) in [6.45, 7) is 3.14. The van der Waals surface area contributed by atoms with Crippen molar-refractivity contribution in [1.82, 2.24) is 0 Å². The molecule has 6 heteroatoms. The van der Waals surface area contributed by atoms with Crippen LogP contribution in [0.4, 0.5) is 0 Å². The van der Waals surface area contributed by atoms with Crippen LogP contribution in [0, 0.1) is 0 Å². The molecule has 0 amide bonds. The van der Waals surface area contributed by atoms with Crippen LogP contribution in [-0.2, 0) is 13.0 Å². The quantitative estimate of drug-likeness (QED) is 0.690. The molecule has 0 radical (unpaired) electrons. The van der Waals surface area contributed by atoms with E-state index in [1.165, 1.54) is 16.8 Å². The van der Waals surface area contributed by atoms with Gasteiger partial charge in [-0.2, -0.15) is 4.57 Å². The van der Waals surface area contributed by atoms with Crippen molar-refractivity contribution in [2.75, 3.05) is 27.6 Å². The molecule has 0 unspecified atom stereocenters. The van der Waals surface area contributed by atoms with Crippen LogP contribution >= 0.6 is 0 Å². The highest BCUT2D eigenvalue weighted by atomic mass is 16.7. The van der Waals surface area contributed by atoms with Gasteiger partial charge in [-0.15, -0.1) is 0 Å². The molecule has 2 aliphatic rings. The number of aryl methyl sites for hydroxylation is 2. The smallest absolute Gasteiger partial charge is 0.231 e. The molecule has 6 nitrogen and oxygen atoms in total. The summed E-state index contributed by atoms with van der Waals surface area (Å²) < 4.78 is 24.4. The van der Waals surface area contributed by atoms with Crippen molar-refractivity contribution in [2.24, 2.45) is 0 Å². The Bertz CT molecular complexity index is 1030. The molecule has 5 rings (SSSR count). The largest absolute Gasteiger partial charge is 0.493 e. The van der Waals surface area contributed by atoms with Gasteiger partial charge < -0.3 is 24.1 Å². The SMILES string of the molecule is CCO.COc1ccc2cc3[n+](cc2c1OC)CCc1cc2c(cc1-3)OCO2. The Kier molecular flexibility index (Phi) is 4.96. The number of fused-ring (bicyclic) bond motifs is 5. The molecule has 0 saturated heterocycles. The summed E-state index contributed by atoms with van der Waals surface area (Å²) in [7, 11) is 3.34. The van der Waals surface area contributed by atoms with Crippen molar-refractivity contribution >= 4 is 10.8 Å². The van der Waals surface area contributed by atoms with Crippen LogP contribution in [0.1, 0.15) is 12.5 Å². The summed E-state index contributed by atoms with van der Waals surface area (Å²) in [5.41, 5.74) is 3.68. The molecule has 1 N–H and O–H groups in total. The van der Waals surface area contributed by atoms with E-state index in [1.54, 1.807) is 21.1 Å². The molecule has 3 aromatic rings. The van der Waals surface area contributed by atoms with E-state index in [0.29, 0.717) is 6.79 Å². The van der Waals surface area contributed by atoms with Crippen LogP contribution in [0.25, 0.3) is 22.0 Å². The summed E-state index contributed by atoms with van der Waals surface area (Å²) >= 11 is 0. The highest BCUT2D eigenvalue weighted by molar-refractivity contribution is 5.91. The Morgan fingerprint density at radius 1 is 1.07 bits per heavy atom. The summed E-state index contributed by atoms with van der Waals surface area (Å²) in [6.07, 6.45) is 3.11. The second kappa shape index (κ2) is 7.56. The van der Waals surface area contributed by atoms with Crippen molar-refractivity contribution in [3.63, 3.8) is 0 Å². The first-order valence-corrected chi connectivity index (χ1v) is 9.32. The summed E-state index contributed by atoms with van der Waals surface area (Å²) in [6, 6.07) is 10.4. The van der Waals surface area contributed by atoms with Crippen molar-refractivity contribution < 1.29 is 28.6 Å². The second-order valence-corrected chi connectivity index (χ2v) is 6.58. The Hall–Kier alpha value is -2.99. The topological polar surface area (TPSA) is 61.0 Å². The first-order chi connectivity index (χ1) is 13.7. The molecule has 0 atom stereocenters. The number of benzene rings is 2. The van der Waals surface area contributed by atoms with Gasteiger partial charge in [0.2, 0.25) is 12.5 Å². The predicted octanol–water partition coefficient (Wildman–Crippen LogP) is 3.09. The summed E-state index contributed by atoms with van der Waals surface area (Å²) in [4.78, 5) is 0. The van der Waals surface area contributed by atoms with Crippen molar-refractivity contribution in [3.8, 4) is 34.3 Å². The fourth-order valence-electron chi connectivity index (χ4n) is 3.77. The van der Waals surface area contributed by atoms with E-state index in [9.17, 15) is 0 Å². The second-order valence-electron chi connectivity index (χ2n) is 6.58. The van der Waals surface area contributed by atoms with E-state index in [4.69, 9.17) is 24.1 Å². The average molecular weight is 382 g/mol. The molecule has 0 spiro atoms. The van der Waals surface area contributed by atoms with Gasteiger partial charge in [0.05, 0.1) is 25.2 Å². The zero-order valence-corrected chi connectivity index (χ0v) is 16.3. The highest BCUT2D eigenvalue weighted by Crippen LogP contribution is 2.41. The standard InChI is InChI=1S/C20H18NO4.C2H6O/c1-22-17-4-3-12-7-16-14-9-19-18(24-11-25-19)8-13(14)5-6-21(16)10-15(12)20(17)23-2;1-2-3/h3-4,7-10H,5-6,11H2,1-2H3;3H,2H2,1H3/q+1;. The molecular weight excluding hydrogens is 358 g/mol. The Morgan fingerprint density at radius 2 is 1.82 bits per heavy atom. The van der Waals surface area contributed by atoms with Crippen LogP contribution < -0.4 is 23.5 Å². The minimum atomic E-state index is 0.250. The lowest BCUT2D eigenvalue weighted by molar-refractivity contribution is -0.686. The Morgan fingerprint density at radius 3 is 2.54 bits per heavy atom. The van der Waals surface area contributed by atoms with Gasteiger partial charge in [0.15, 0.2) is 35.7 Å². The summed E-state index contributed by atoms with van der Waals surface area (Å²) in [5.74, 6) is 3.18. The maximum atomic E-state index is 7.57. The number of ether oxygens (including phenoxy) is 4. The van der Waals surface area contributed by atoms with Gasteiger partial charge in [-0.3, -0.25) is 0 Å². The maximum absolute atomic E-state index is 7.57. The zero-order valence-electron chi connectivity index (χ0n) is 16.3. The van der Waals surface area contributed by atoms with Crippen LogP contribution in [0.5, 0.6) is 23.0 Å². The van der Waals surface area contributed by atoms with E-state index in [-0.39, 0.29) is 6.61 Å². The van der Waals surface area contributed by atoms with Gasteiger partial charge in [-0.25, -0.2) is 0 Å².